The second-order valence-corrected chi connectivity index (χ2v) is 14.3. The van der Waals surface area contributed by atoms with Crippen LogP contribution >= 0.6 is 55.1 Å². The number of rotatable bonds is 5. The van der Waals surface area contributed by atoms with Crippen molar-refractivity contribution in [3.63, 3.8) is 0 Å². The Morgan fingerprint density at radius 2 is 0.930 bits per heavy atom. The number of piperidine rings is 2. The summed E-state index contributed by atoms with van der Waals surface area (Å²) in [4.78, 5) is 2.13. The van der Waals surface area contributed by atoms with Gasteiger partial charge in [-0.2, -0.15) is 0 Å². The van der Waals surface area contributed by atoms with Gasteiger partial charge in [0.15, 0.2) is 0 Å². The van der Waals surface area contributed by atoms with Crippen LogP contribution in [0.15, 0.2) is 106 Å². The zero-order chi connectivity index (χ0) is 30.5. The molecule has 0 aromatic heterocycles. The van der Waals surface area contributed by atoms with Crippen molar-refractivity contribution < 1.29 is 5.02 Å². The topological polar surface area (TPSA) is 35.5 Å². The molecule has 3 nitrogen and oxygen atoms in total. The SMILES string of the molecule is CB(O)N1CCC(c2ccc(Cl)cc2)(c2ccc(Br)cc2)CC1.Clc1ccc(C2(c3ccc(Br)cc3)CCNCC2)cc1. The highest BCUT2D eigenvalue weighted by molar-refractivity contribution is 9.10. The Hall–Kier alpha value is -1.64. The minimum absolute atomic E-state index is 0.0172. The van der Waals surface area contributed by atoms with E-state index in [2.05, 4.69) is 115 Å². The third-order valence-electron chi connectivity index (χ3n) is 9.22. The maximum Gasteiger partial charge on any atom is 0.376 e. The lowest BCUT2D eigenvalue weighted by atomic mass is 9.66. The summed E-state index contributed by atoms with van der Waals surface area (Å²) in [5.74, 6) is 0. The lowest BCUT2D eigenvalue weighted by Gasteiger charge is -2.43. The van der Waals surface area contributed by atoms with Crippen molar-refractivity contribution in [1.29, 1.82) is 0 Å². The number of nitrogens with one attached hydrogen (secondary N) is 1. The first-order valence-electron chi connectivity index (χ1n) is 14.9. The summed E-state index contributed by atoms with van der Waals surface area (Å²) in [5.41, 5.74) is 5.48. The summed E-state index contributed by atoms with van der Waals surface area (Å²) in [7, 11) is -0.386. The Bertz CT molecular complexity index is 1360. The van der Waals surface area contributed by atoms with Crippen molar-refractivity contribution in [2.75, 3.05) is 26.2 Å². The molecule has 0 saturated carbocycles. The van der Waals surface area contributed by atoms with E-state index in [0.29, 0.717) is 0 Å². The Morgan fingerprint density at radius 3 is 1.28 bits per heavy atom. The van der Waals surface area contributed by atoms with Crippen molar-refractivity contribution >= 4 is 62.1 Å². The molecule has 2 aliphatic rings. The van der Waals surface area contributed by atoms with Gasteiger partial charge in [-0.15, -0.1) is 0 Å². The van der Waals surface area contributed by atoms with Gasteiger partial charge in [0.2, 0.25) is 0 Å². The maximum absolute atomic E-state index is 9.86. The van der Waals surface area contributed by atoms with Gasteiger partial charge in [-0.25, -0.2) is 0 Å². The molecule has 4 aromatic rings. The van der Waals surface area contributed by atoms with E-state index in [4.69, 9.17) is 23.2 Å². The first-order valence-corrected chi connectivity index (χ1v) is 17.2. The third kappa shape index (κ3) is 7.61. The highest BCUT2D eigenvalue weighted by atomic mass is 79.9. The molecule has 2 aliphatic heterocycles. The molecule has 2 saturated heterocycles. The van der Waals surface area contributed by atoms with Crippen molar-refractivity contribution in [3.05, 3.63) is 138 Å². The van der Waals surface area contributed by atoms with E-state index in [-0.39, 0.29) is 17.9 Å². The minimum atomic E-state index is -0.386. The molecule has 0 unspecified atom stereocenters. The van der Waals surface area contributed by atoms with Gasteiger partial charge in [0.1, 0.15) is 0 Å². The van der Waals surface area contributed by atoms with Crippen molar-refractivity contribution in [2.24, 2.45) is 0 Å². The highest BCUT2D eigenvalue weighted by Crippen LogP contribution is 2.43. The second kappa shape index (κ2) is 14.6. The Labute approximate surface area is 283 Å². The molecule has 224 valence electrons. The van der Waals surface area contributed by atoms with Gasteiger partial charge in [-0.1, -0.05) is 104 Å². The van der Waals surface area contributed by atoms with Crippen LogP contribution in [0, 0.1) is 0 Å². The summed E-state index contributed by atoms with van der Waals surface area (Å²) >= 11 is 19.2. The normalized spacial score (nSPS) is 17.9. The fraction of sp³-hybridized carbons (Fsp3) is 0.314. The van der Waals surface area contributed by atoms with Crippen LogP contribution in [0.4, 0.5) is 0 Å². The monoisotopic (exact) mass is 740 g/mol. The molecule has 0 atom stereocenters. The van der Waals surface area contributed by atoms with Crippen LogP contribution in [0.25, 0.3) is 0 Å². The van der Waals surface area contributed by atoms with Gasteiger partial charge < -0.3 is 15.2 Å². The first kappa shape index (κ1) is 32.7. The number of hydrogen-bond donors (Lipinski definition) is 2. The molecular weight excluding hydrogens is 706 g/mol. The van der Waals surface area contributed by atoms with E-state index in [0.717, 1.165) is 70.9 Å². The van der Waals surface area contributed by atoms with Crippen LogP contribution in [0.5, 0.6) is 0 Å². The van der Waals surface area contributed by atoms with Gasteiger partial charge in [0.25, 0.3) is 0 Å². The molecule has 0 spiro atoms. The zero-order valence-electron chi connectivity index (χ0n) is 24.4. The zero-order valence-corrected chi connectivity index (χ0v) is 29.1. The molecule has 0 radical (unpaired) electrons. The standard InChI is InChI=1S/C18H20BBrClNO.C17H17BrClN/c1-19(23)22-12-10-18(11-13-22,14-2-6-16(20)7-3-14)15-4-8-17(21)9-5-15;18-15-5-1-13(2-6-15)17(9-11-20-12-10-17)14-3-7-16(19)8-4-14/h2-9,23H,10-13H2,1H3;1-8,20H,9-12H2. The molecule has 8 heteroatoms. The predicted molar refractivity (Wildman–Crippen MR) is 189 cm³/mol. The summed E-state index contributed by atoms with van der Waals surface area (Å²) in [5, 5.41) is 14.9. The Kier molecular flexibility index (Phi) is 11.1. The smallest absolute Gasteiger partial charge is 0.376 e. The molecule has 2 N–H and O–H groups in total. The number of nitrogens with zero attached hydrogens (tertiary/aromatic N) is 1. The average Bonchev–Trinajstić information content (AvgIpc) is 3.03. The lowest BCUT2D eigenvalue weighted by molar-refractivity contribution is 0.243. The van der Waals surface area contributed by atoms with Crippen LogP contribution in [0.1, 0.15) is 47.9 Å². The van der Waals surface area contributed by atoms with E-state index in [1.54, 1.807) is 0 Å². The number of benzene rings is 4. The number of halogens is 4. The molecule has 0 bridgehead atoms. The summed E-state index contributed by atoms with van der Waals surface area (Å²) in [6.45, 7) is 5.72. The molecule has 4 aromatic carbocycles. The van der Waals surface area contributed by atoms with Gasteiger partial charge in [0.05, 0.1) is 0 Å². The quantitative estimate of drug-likeness (QED) is 0.200. The maximum atomic E-state index is 9.86. The van der Waals surface area contributed by atoms with E-state index >= 15 is 0 Å². The van der Waals surface area contributed by atoms with E-state index in [1.165, 1.54) is 22.3 Å². The van der Waals surface area contributed by atoms with E-state index < -0.39 is 0 Å². The largest absolute Gasteiger partial charge is 0.437 e. The minimum Gasteiger partial charge on any atom is -0.437 e. The fourth-order valence-electron chi connectivity index (χ4n) is 6.70. The molecule has 6 rings (SSSR count). The van der Waals surface area contributed by atoms with Crippen molar-refractivity contribution in [1.82, 2.24) is 10.1 Å². The molecule has 2 fully saturated rings. The molecule has 43 heavy (non-hydrogen) atoms. The van der Waals surface area contributed by atoms with Gasteiger partial charge >= 0.3 is 7.05 Å². The predicted octanol–water partition coefficient (Wildman–Crippen LogP) is 9.37. The van der Waals surface area contributed by atoms with Crippen LogP contribution < -0.4 is 5.32 Å². The van der Waals surface area contributed by atoms with Crippen LogP contribution in [-0.2, 0) is 10.8 Å². The summed E-state index contributed by atoms with van der Waals surface area (Å²) < 4.78 is 2.22. The average molecular weight is 743 g/mol. The van der Waals surface area contributed by atoms with Crippen LogP contribution in [0.2, 0.25) is 16.9 Å². The molecule has 2 heterocycles. The highest BCUT2D eigenvalue weighted by Gasteiger charge is 2.39. The molecule has 0 aliphatic carbocycles. The first-order chi connectivity index (χ1) is 20.7. The van der Waals surface area contributed by atoms with E-state index in [1.807, 2.05) is 31.1 Å². The van der Waals surface area contributed by atoms with Gasteiger partial charge in [-0.3, -0.25) is 0 Å². The third-order valence-corrected chi connectivity index (χ3v) is 10.8. The molecular formula is C35H37BBr2Cl2N2O. The number of hydrogen-bond acceptors (Lipinski definition) is 3. The molecule has 0 amide bonds. The summed E-state index contributed by atoms with van der Waals surface area (Å²) in [6.07, 6.45) is 4.22. The van der Waals surface area contributed by atoms with Crippen molar-refractivity contribution in [3.8, 4) is 0 Å². The van der Waals surface area contributed by atoms with Gasteiger partial charge in [0, 0.05) is 29.8 Å². The Morgan fingerprint density at radius 1 is 0.605 bits per heavy atom. The lowest BCUT2D eigenvalue weighted by Crippen LogP contribution is -2.48. The second-order valence-electron chi connectivity index (χ2n) is 11.6. The fourth-order valence-corrected chi connectivity index (χ4v) is 7.48. The van der Waals surface area contributed by atoms with E-state index in [9.17, 15) is 5.02 Å². The Balaban J connectivity index is 0.000000173. The summed E-state index contributed by atoms with van der Waals surface area (Å²) in [6, 6.07) is 33.9. The van der Waals surface area contributed by atoms with Crippen LogP contribution in [0.3, 0.4) is 0 Å². The van der Waals surface area contributed by atoms with Gasteiger partial charge in [-0.05, 0) is 129 Å². The van der Waals surface area contributed by atoms with Crippen molar-refractivity contribution in [2.45, 2.75) is 43.3 Å². The van der Waals surface area contributed by atoms with Crippen LogP contribution in [-0.4, -0.2) is 43.1 Å².